The Labute approximate surface area is 152 Å². The number of hydrogen-bond donors (Lipinski definition) is 0. The number of aromatic nitrogens is 2. The standard InChI is InChI=1S/C18H23N5O3/c1-13(24)22-9-4-14(5-10-22)18(25)23-8-2-3-15(12-23)26-17-16(11-19)20-6-7-21-17/h6-7,14-15H,2-5,8-10,12H2,1H3. The number of carbonyl (C=O) groups is 2. The summed E-state index contributed by atoms with van der Waals surface area (Å²) < 4.78 is 5.85. The third-order valence-electron chi connectivity index (χ3n) is 5.03. The van der Waals surface area contributed by atoms with E-state index in [-0.39, 0.29) is 35.4 Å². The molecule has 8 heteroatoms. The van der Waals surface area contributed by atoms with Gasteiger partial charge in [0.05, 0.1) is 6.54 Å². The molecule has 0 spiro atoms. The predicted molar refractivity (Wildman–Crippen MR) is 92.0 cm³/mol. The van der Waals surface area contributed by atoms with Crippen molar-refractivity contribution in [3.05, 3.63) is 18.1 Å². The molecule has 1 aromatic rings. The minimum atomic E-state index is -0.186. The van der Waals surface area contributed by atoms with Crippen LogP contribution in [0.25, 0.3) is 0 Å². The van der Waals surface area contributed by atoms with Crippen LogP contribution >= 0.6 is 0 Å². The van der Waals surface area contributed by atoms with Gasteiger partial charge in [0.25, 0.3) is 5.88 Å². The molecule has 2 aliphatic rings. The number of ether oxygens (including phenoxy) is 1. The first kappa shape index (κ1) is 18.1. The average Bonchev–Trinajstić information content (AvgIpc) is 2.68. The number of amides is 2. The Balaban J connectivity index is 1.57. The van der Waals surface area contributed by atoms with Crippen molar-refractivity contribution in [2.45, 2.75) is 38.7 Å². The second-order valence-corrected chi connectivity index (χ2v) is 6.77. The Morgan fingerprint density at radius 1 is 1.15 bits per heavy atom. The number of likely N-dealkylation sites (tertiary alicyclic amines) is 2. The second kappa shape index (κ2) is 8.13. The van der Waals surface area contributed by atoms with Crippen molar-refractivity contribution in [3.63, 3.8) is 0 Å². The third-order valence-corrected chi connectivity index (χ3v) is 5.03. The molecule has 1 aromatic heterocycles. The van der Waals surface area contributed by atoms with Crippen LogP contribution in [0.4, 0.5) is 0 Å². The summed E-state index contributed by atoms with van der Waals surface area (Å²) in [6.07, 6.45) is 5.85. The summed E-state index contributed by atoms with van der Waals surface area (Å²) in [5.41, 5.74) is 0.160. The van der Waals surface area contributed by atoms with Crippen molar-refractivity contribution >= 4 is 11.8 Å². The number of piperidine rings is 2. The number of nitriles is 1. The molecule has 0 radical (unpaired) electrons. The Morgan fingerprint density at radius 2 is 1.88 bits per heavy atom. The quantitative estimate of drug-likeness (QED) is 0.799. The van der Waals surface area contributed by atoms with Crippen LogP contribution in [0.15, 0.2) is 12.4 Å². The smallest absolute Gasteiger partial charge is 0.251 e. The summed E-state index contributed by atoms with van der Waals surface area (Å²) in [5, 5.41) is 9.09. The number of carbonyl (C=O) groups excluding carboxylic acids is 2. The Hall–Kier alpha value is -2.69. The van der Waals surface area contributed by atoms with Gasteiger partial charge in [-0.25, -0.2) is 9.97 Å². The highest BCUT2D eigenvalue weighted by atomic mass is 16.5. The summed E-state index contributed by atoms with van der Waals surface area (Å²) in [6, 6.07) is 1.97. The van der Waals surface area contributed by atoms with Gasteiger partial charge < -0.3 is 14.5 Å². The summed E-state index contributed by atoms with van der Waals surface area (Å²) in [5.74, 6) is 0.403. The lowest BCUT2D eigenvalue weighted by atomic mass is 9.94. The largest absolute Gasteiger partial charge is 0.470 e. The van der Waals surface area contributed by atoms with Crippen molar-refractivity contribution in [2.24, 2.45) is 5.92 Å². The molecule has 2 saturated heterocycles. The molecule has 0 bridgehead atoms. The summed E-state index contributed by atoms with van der Waals surface area (Å²) in [7, 11) is 0. The lowest BCUT2D eigenvalue weighted by molar-refractivity contribution is -0.142. The summed E-state index contributed by atoms with van der Waals surface area (Å²) in [6.45, 7) is 4.07. The van der Waals surface area contributed by atoms with Crippen LogP contribution in [-0.4, -0.2) is 63.9 Å². The number of nitrogens with zero attached hydrogens (tertiary/aromatic N) is 5. The van der Waals surface area contributed by atoms with Crippen molar-refractivity contribution in [2.75, 3.05) is 26.2 Å². The molecule has 2 fully saturated rings. The molecule has 0 aliphatic carbocycles. The van der Waals surface area contributed by atoms with Gasteiger partial charge in [-0.05, 0) is 25.7 Å². The van der Waals surface area contributed by atoms with Gasteiger partial charge in [0.1, 0.15) is 12.2 Å². The first-order valence-corrected chi connectivity index (χ1v) is 9.00. The van der Waals surface area contributed by atoms with E-state index >= 15 is 0 Å². The van der Waals surface area contributed by atoms with Gasteiger partial charge in [-0.3, -0.25) is 9.59 Å². The van der Waals surface area contributed by atoms with E-state index in [9.17, 15) is 9.59 Å². The van der Waals surface area contributed by atoms with Crippen LogP contribution in [0.5, 0.6) is 5.88 Å². The summed E-state index contributed by atoms with van der Waals surface area (Å²) in [4.78, 5) is 35.9. The van der Waals surface area contributed by atoms with Crippen LogP contribution in [0.3, 0.4) is 0 Å². The molecule has 138 valence electrons. The van der Waals surface area contributed by atoms with Crippen molar-refractivity contribution < 1.29 is 14.3 Å². The normalized spacial score (nSPS) is 21.2. The number of rotatable bonds is 3. The van der Waals surface area contributed by atoms with Crippen molar-refractivity contribution in [3.8, 4) is 11.9 Å². The Bertz CT molecular complexity index is 709. The SMILES string of the molecule is CC(=O)N1CCC(C(=O)N2CCCC(Oc3nccnc3C#N)C2)CC1. The Morgan fingerprint density at radius 3 is 2.58 bits per heavy atom. The zero-order chi connectivity index (χ0) is 18.5. The van der Waals surface area contributed by atoms with E-state index in [2.05, 4.69) is 9.97 Å². The van der Waals surface area contributed by atoms with Gasteiger partial charge in [0, 0.05) is 44.9 Å². The Kier molecular flexibility index (Phi) is 5.66. The monoisotopic (exact) mass is 357 g/mol. The van der Waals surface area contributed by atoms with E-state index in [1.807, 2.05) is 11.0 Å². The zero-order valence-corrected chi connectivity index (χ0v) is 14.9. The lowest BCUT2D eigenvalue weighted by Crippen LogP contribution is -2.49. The molecule has 0 N–H and O–H groups in total. The molecule has 0 aromatic carbocycles. The van der Waals surface area contributed by atoms with Gasteiger partial charge in [-0.1, -0.05) is 0 Å². The van der Waals surface area contributed by atoms with E-state index in [4.69, 9.17) is 10.00 Å². The zero-order valence-electron chi connectivity index (χ0n) is 14.9. The minimum Gasteiger partial charge on any atom is -0.470 e. The van der Waals surface area contributed by atoms with Crippen LogP contribution in [-0.2, 0) is 9.59 Å². The highest BCUT2D eigenvalue weighted by Gasteiger charge is 2.32. The van der Waals surface area contributed by atoms with Gasteiger partial charge in [0.15, 0.2) is 0 Å². The molecule has 26 heavy (non-hydrogen) atoms. The van der Waals surface area contributed by atoms with Crippen molar-refractivity contribution in [1.29, 1.82) is 5.26 Å². The molecule has 3 heterocycles. The van der Waals surface area contributed by atoms with E-state index in [0.29, 0.717) is 32.5 Å². The maximum Gasteiger partial charge on any atom is 0.251 e. The average molecular weight is 357 g/mol. The fourth-order valence-electron chi connectivity index (χ4n) is 3.58. The third kappa shape index (κ3) is 4.10. The molecule has 0 saturated carbocycles. The van der Waals surface area contributed by atoms with Crippen LogP contribution in [0, 0.1) is 17.2 Å². The highest BCUT2D eigenvalue weighted by Crippen LogP contribution is 2.24. The van der Waals surface area contributed by atoms with Crippen LogP contribution in [0.2, 0.25) is 0 Å². The number of hydrogen-bond acceptors (Lipinski definition) is 6. The van der Waals surface area contributed by atoms with Crippen LogP contribution < -0.4 is 4.74 Å². The van der Waals surface area contributed by atoms with Gasteiger partial charge in [-0.2, -0.15) is 5.26 Å². The lowest BCUT2D eigenvalue weighted by Gasteiger charge is -2.37. The maximum atomic E-state index is 12.8. The van der Waals surface area contributed by atoms with Gasteiger partial charge in [0.2, 0.25) is 17.5 Å². The van der Waals surface area contributed by atoms with E-state index in [0.717, 1.165) is 19.4 Å². The van der Waals surface area contributed by atoms with Crippen molar-refractivity contribution in [1.82, 2.24) is 19.8 Å². The predicted octanol–water partition coefficient (Wildman–Crippen LogP) is 0.977. The molecule has 3 rings (SSSR count). The van der Waals surface area contributed by atoms with Crippen LogP contribution in [0.1, 0.15) is 38.3 Å². The first-order chi connectivity index (χ1) is 12.6. The molecular formula is C18H23N5O3. The fourth-order valence-corrected chi connectivity index (χ4v) is 3.58. The summed E-state index contributed by atoms with van der Waals surface area (Å²) >= 11 is 0. The highest BCUT2D eigenvalue weighted by molar-refractivity contribution is 5.80. The molecule has 1 unspecified atom stereocenters. The van der Waals surface area contributed by atoms with Gasteiger partial charge >= 0.3 is 0 Å². The molecule has 1 atom stereocenters. The van der Waals surface area contributed by atoms with E-state index in [1.54, 1.807) is 11.8 Å². The molecule has 2 aliphatic heterocycles. The fraction of sp³-hybridized carbons (Fsp3) is 0.611. The van der Waals surface area contributed by atoms with E-state index in [1.165, 1.54) is 12.4 Å². The molecular weight excluding hydrogens is 334 g/mol. The molecule has 2 amide bonds. The topological polar surface area (TPSA) is 99.4 Å². The second-order valence-electron chi connectivity index (χ2n) is 6.77. The maximum absolute atomic E-state index is 12.8. The van der Waals surface area contributed by atoms with E-state index < -0.39 is 0 Å². The van der Waals surface area contributed by atoms with Gasteiger partial charge in [-0.15, -0.1) is 0 Å². The molecule has 8 nitrogen and oxygen atoms in total. The first-order valence-electron chi connectivity index (χ1n) is 9.00. The minimum absolute atomic E-state index is 0.0319.